The van der Waals surface area contributed by atoms with Crippen LogP contribution in [0.5, 0.6) is 0 Å². The molecule has 0 aliphatic rings. The monoisotopic (exact) mass is 310 g/mol. The van der Waals surface area contributed by atoms with E-state index in [0.29, 0.717) is 4.34 Å². The number of hydrogen-bond acceptors (Lipinski definition) is 4. The average Bonchev–Trinajstić information content (AvgIpc) is 2.74. The largest absolute Gasteiger partial charge is 0.353 e. The number of halogens is 1. The second-order valence-electron chi connectivity index (χ2n) is 3.76. The maximum Gasteiger partial charge on any atom is 0.250 e. The number of hydrogen-bond donors (Lipinski definition) is 2. The molecule has 5 nitrogen and oxygen atoms in total. The van der Waals surface area contributed by atoms with Crippen molar-refractivity contribution < 1.29 is 13.2 Å². The van der Waals surface area contributed by atoms with Gasteiger partial charge in [-0.1, -0.05) is 18.5 Å². The summed E-state index contributed by atoms with van der Waals surface area (Å²) in [6.07, 6.45) is 0.791. The third-order valence-electron chi connectivity index (χ3n) is 2.26. The summed E-state index contributed by atoms with van der Waals surface area (Å²) in [5.74, 6) is -0.351. The first kappa shape index (κ1) is 15.4. The lowest BCUT2D eigenvalue weighted by Gasteiger charge is -2.11. The van der Waals surface area contributed by atoms with Crippen molar-refractivity contribution in [3.8, 4) is 0 Å². The van der Waals surface area contributed by atoms with Crippen LogP contribution in [0.4, 0.5) is 0 Å². The molecule has 1 amide bonds. The van der Waals surface area contributed by atoms with E-state index in [4.69, 9.17) is 11.6 Å². The lowest BCUT2D eigenvalue weighted by molar-refractivity contribution is -0.120. The Balaban J connectivity index is 2.55. The van der Waals surface area contributed by atoms with Gasteiger partial charge >= 0.3 is 0 Å². The fourth-order valence-corrected chi connectivity index (χ4v) is 3.61. The second kappa shape index (κ2) is 6.51. The maximum absolute atomic E-state index is 11.8. The molecule has 1 rings (SSSR count). The molecule has 102 valence electrons. The van der Waals surface area contributed by atoms with Crippen LogP contribution in [0.3, 0.4) is 0 Å². The molecule has 1 heterocycles. The van der Waals surface area contributed by atoms with Crippen LogP contribution in [0.15, 0.2) is 16.3 Å². The third-order valence-corrected chi connectivity index (χ3v) is 5.38. The molecule has 1 aromatic rings. The summed E-state index contributed by atoms with van der Waals surface area (Å²) in [4.78, 5) is 11.4. The predicted octanol–water partition coefficient (Wildman–Crippen LogP) is 1.59. The molecule has 0 bridgehead atoms. The van der Waals surface area contributed by atoms with Gasteiger partial charge in [-0.15, -0.1) is 11.3 Å². The maximum atomic E-state index is 11.8. The van der Waals surface area contributed by atoms with E-state index in [0.717, 1.165) is 17.8 Å². The van der Waals surface area contributed by atoms with Crippen LogP contribution in [0, 0.1) is 0 Å². The fraction of sp³-hybridized carbons (Fsp3) is 0.500. The average molecular weight is 311 g/mol. The zero-order valence-corrected chi connectivity index (χ0v) is 12.5. The van der Waals surface area contributed by atoms with Gasteiger partial charge in [0.15, 0.2) is 0 Å². The number of thiophene rings is 1. The van der Waals surface area contributed by atoms with Crippen molar-refractivity contribution >= 4 is 38.9 Å². The Morgan fingerprint density at radius 1 is 1.50 bits per heavy atom. The molecular weight excluding hydrogens is 296 g/mol. The molecule has 8 heteroatoms. The zero-order valence-electron chi connectivity index (χ0n) is 10.1. The Bertz CT molecular complexity index is 513. The number of amides is 1. The number of nitrogens with one attached hydrogen (secondary N) is 2. The standard InChI is InChI=1S/C10H15ClN2O3S2/c1-3-7(2)13-9(14)6-12-18(15,16)10-5-4-8(11)17-10/h4-5,7,12H,3,6H2,1-2H3,(H,13,14). The van der Waals surface area contributed by atoms with Gasteiger partial charge in [-0.25, -0.2) is 13.1 Å². The molecule has 0 fully saturated rings. The van der Waals surface area contributed by atoms with Crippen molar-refractivity contribution in [3.63, 3.8) is 0 Å². The second-order valence-corrected chi connectivity index (χ2v) is 7.47. The molecule has 0 spiro atoms. The highest BCUT2D eigenvalue weighted by atomic mass is 35.5. The summed E-state index contributed by atoms with van der Waals surface area (Å²) >= 11 is 6.61. The highest BCUT2D eigenvalue weighted by Crippen LogP contribution is 2.25. The molecule has 0 aromatic carbocycles. The van der Waals surface area contributed by atoms with Crippen LogP contribution in [0.25, 0.3) is 0 Å². The Kier molecular flexibility index (Phi) is 5.58. The molecule has 0 aliphatic heterocycles. The summed E-state index contributed by atoms with van der Waals surface area (Å²) in [6.45, 7) is 3.51. The number of rotatable bonds is 6. The Morgan fingerprint density at radius 3 is 2.67 bits per heavy atom. The van der Waals surface area contributed by atoms with Crippen LogP contribution in [0.1, 0.15) is 20.3 Å². The zero-order chi connectivity index (χ0) is 13.8. The summed E-state index contributed by atoms with van der Waals surface area (Å²) < 4.78 is 26.3. The molecule has 0 radical (unpaired) electrons. The Labute approximate surface area is 116 Å². The molecule has 1 atom stereocenters. The third kappa shape index (κ3) is 4.56. The normalized spacial score (nSPS) is 13.3. The van der Waals surface area contributed by atoms with Gasteiger partial charge in [0.1, 0.15) is 4.21 Å². The van der Waals surface area contributed by atoms with E-state index in [2.05, 4.69) is 10.0 Å². The van der Waals surface area contributed by atoms with E-state index in [1.165, 1.54) is 12.1 Å². The minimum atomic E-state index is -3.65. The molecule has 1 unspecified atom stereocenters. The molecule has 2 N–H and O–H groups in total. The van der Waals surface area contributed by atoms with Gasteiger partial charge < -0.3 is 5.32 Å². The van der Waals surface area contributed by atoms with Crippen LogP contribution >= 0.6 is 22.9 Å². The summed E-state index contributed by atoms with van der Waals surface area (Å²) in [7, 11) is -3.65. The topological polar surface area (TPSA) is 75.3 Å². The number of sulfonamides is 1. The van der Waals surface area contributed by atoms with Gasteiger partial charge in [0, 0.05) is 6.04 Å². The van der Waals surface area contributed by atoms with Crippen LogP contribution < -0.4 is 10.0 Å². The van der Waals surface area contributed by atoms with Crippen LogP contribution in [-0.4, -0.2) is 26.9 Å². The Morgan fingerprint density at radius 2 is 2.17 bits per heavy atom. The summed E-state index contributed by atoms with van der Waals surface area (Å²) in [5, 5.41) is 2.67. The van der Waals surface area contributed by atoms with Crippen LogP contribution in [0.2, 0.25) is 4.34 Å². The van der Waals surface area contributed by atoms with Gasteiger partial charge in [-0.05, 0) is 25.5 Å². The predicted molar refractivity (Wildman–Crippen MR) is 72.4 cm³/mol. The van der Waals surface area contributed by atoms with Gasteiger partial charge in [0.05, 0.1) is 10.9 Å². The number of carbonyl (C=O) groups excluding carboxylic acids is 1. The lowest BCUT2D eigenvalue weighted by Crippen LogP contribution is -2.40. The highest BCUT2D eigenvalue weighted by molar-refractivity contribution is 7.91. The van der Waals surface area contributed by atoms with Gasteiger partial charge in [-0.3, -0.25) is 4.79 Å². The molecule has 0 saturated heterocycles. The first-order chi connectivity index (χ1) is 8.35. The number of carbonyl (C=O) groups is 1. The molecule has 0 saturated carbocycles. The van der Waals surface area contributed by atoms with Crippen molar-refractivity contribution in [2.75, 3.05) is 6.54 Å². The fourth-order valence-electron chi connectivity index (χ4n) is 1.10. The minimum Gasteiger partial charge on any atom is -0.353 e. The SMILES string of the molecule is CCC(C)NC(=O)CNS(=O)(=O)c1ccc(Cl)s1. The molecule has 1 aromatic heterocycles. The quantitative estimate of drug-likeness (QED) is 0.838. The highest BCUT2D eigenvalue weighted by Gasteiger charge is 2.17. The molecule has 0 aliphatic carbocycles. The molecule has 18 heavy (non-hydrogen) atoms. The first-order valence-corrected chi connectivity index (χ1v) is 8.07. The lowest BCUT2D eigenvalue weighted by atomic mass is 10.2. The van der Waals surface area contributed by atoms with E-state index < -0.39 is 10.0 Å². The van der Waals surface area contributed by atoms with Gasteiger partial charge in [0.25, 0.3) is 10.0 Å². The van der Waals surface area contributed by atoms with Crippen molar-refractivity contribution in [3.05, 3.63) is 16.5 Å². The van der Waals surface area contributed by atoms with Gasteiger partial charge in [-0.2, -0.15) is 0 Å². The van der Waals surface area contributed by atoms with E-state index in [-0.39, 0.29) is 22.7 Å². The van der Waals surface area contributed by atoms with Crippen molar-refractivity contribution in [2.45, 2.75) is 30.5 Å². The molecular formula is C10H15ClN2O3S2. The van der Waals surface area contributed by atoms with E-state index in [1.807, 2.05) is 13.8 Å². The van der Waals surface area contributed by atoms with Crippen molar-refractivity contribution in [2.24, 2.45) is 0 Å². The van der Waals surface area contributed by atoms with Crippen molar-refractivity contribution in [1.82, 2.24) is 10.0 Å². The summed E-state index contributed by atoms with van der Waals surface area (Å²) in [6, 6.07) is 2.93. The van der Waals surface area contributed by atoms with Crippen LogP contribution in [-0.2, 0) is 14.8 Å². The summed E-state index contributed by atoms with van der Waals surface area (Å²) in [5.41, 5.74) is 0. The minimum absolute atomic E-state index is 0.0261. The first-order valence-electron chi connectivity index (χ1n) is 5.39. The van der Waals surface area contributed by atoms with E-state index in [1.54, 1.807) is 0 Å². The Hall–Kier alpha value is -0.630. The van der Waals surface area contributed by atoms with Gasteiger partial charge in [0.2, 0.25) is 5.91 Å². The van der Waals surface area contributed by atoms with E-state index >= 15 is 0 Å². The van der Waals surface area contributed by atoms with Crippen molar-refractivity contribution in [1.29, 1.82) is 0 Å². The van der Waals surface area contributed by atoms with E-state index in [9.17, 15) is 13.2 Å². The smallest absolute Gasteiger partial charge is 0.250 e.